The quantitative estimate of drug-likeness (QED) is 0.752. The number of aryl methyl sites for hydroxylation is 2. The van der Waals surface area contributed by atoms with Crippen molar-refractivity contribution in [2.24, 2.45) is 0 Å². The number of hydrogen-bond acceptors (Lipinski definition) is 3. The second-order valence-electron chi connectivity index (χ2n) is 8.91. The summed E-state index contributed by atoms with van der Waals surface area (Å²) in [5.74, 6) is -0.140. The molecule has 6 heteroatoms. The number of sulfonamides is 1. The zero-order valence-electron chi connectivity index (χ0n) is 18.3. The first-order chi connectivity index (χ1) is 14.0. The molecule has 0 spiro atoms. The first kappa shape index (κ1) is 22.2. The number of fused-ring (bicyclic) bond motifs is 1. The third kappa shape index (κ3) is 4.99. The van der Waals surface area contributed by atoms with Crippen molar-refractivity contribution in [3.05, 3.63) is 70.3 Å². The summed E-state index contributed by atoms with van der Waals surface area (Å²) < 4.78 is 27.7. The standard InChI is InChI=1S/C24H30N2O3S/c1-17-6-10-20(11-7-17)30(28,29)26-15-14-22-19(16-26)9-8-18(2)21(22)12-13-23(27)25-24(3,4)5/h6-13H,14-16H2,1-5H3,(H,25,27)/b13-12+. The van der Waals surface area contributed by atoms with E-state index < -0.39 is 10.0 Å². The van der Waals surface area contributed by atoms with Crippen molar-refractivity contribution in [1.82, 2.24) is 9.62 Å². The Hall–Kier alpha value is -2.44. The number of rotatable bonds is 4. The minimum atomic E-state index is -3.54. The topological polar surface area (TPSA) is 66.5 Å². The monoisotopic (exact) mass is 426 g/mol. The van der Waals surface area contributed by atoms with Crippen LogP contribution in [-0.2, 0) is 27.8 Å². The average molecular weight is 427 g/mol. The number of carbonyl (C=O) groups excluding carboxylic acids is 1. The predicted octanol–water partition coefficient (Wildman–Crippen LogP) is 3.98. The molecule has 0 saturated heterocycles. The van der Waals surface area contributed by atoms with Crippen LogP contribution in [0.4, 0.5) is 0 Å². The molecule has 5 nitrogen and oxygen atoms in total. The SMILES string of the molecule is Cc1ccc(S(=O)(=O)N2CCc3c(ccc(C)c3/C=C/C(=O)NC(C)(C)C)C2)cc1. The van der Waals surface area contributed by atoms with Gasteiger partial charge in [0.1, 0.15) is 0 Å². The number of benzene rings is 2. The highest BCUT2D eigenvalue weighted by Crippen LogP contribution is 2.29. The molecule has 30 heavy (non-hydrogen) atoms. The molecule has 3 rings (SSSR count). The lowest BCUT2D eigenvalue weighted by molar-refractivity contribution is -0.117. The Morgan fingerprint density at radius 3 is 2.37 bits per heavy atom. The first-order valence-corrected chi connectivity index (χ1v) is 11.6. The number of hydrogen-bond donors (Lipinski definition) is 1. The Morgan fingerprint density at radius 1 is 1.07 bits per heavy atom. The van der Waals surface area contributed by atoms with Crippen LogP contribution >= 0.6 is 0 Å². The molecule has 1 aliphatic heterocycles. The van der Waals surface area contributed by atoms with Gasteiger partial charge in [-0.3, -0.25) is 4.79 Å². The van der Waals surface area contributed by atoms with E-state index in [-0.39, 0.29) is 11.4 Å². The molecule has 1 heterocycles. The summed E-state index contributed by atoms with van der Waals surface area (Å²) >= 11 is 0. The molecule has 0 unspecified atom stereocenters. The van der Waals surface area contributed by atoms with Crippen molar-refractivity contribution in [2.75, 3.05) is 6.54 Å². The first-order valence-electron chi connectivity index (χ1n) is 10.2. The van der Waals surface area contributed by atoms with Gasteiger partial charge in [-0.25, -0.2) is 8.42 Å². The number of carbonyl (C=O) groups is 1. The zero-order valence-corrected chi connectivity index (χ0v) is 19.1. The van der Waals surface area contributed by atoms with Gasteiger partial charge < -0.3 is 5.32 Å². The van der Waals surface area contributed by atoms with Crippen molar-refractivity contribution in [3.63, 3.8) is 0 Å². The lowest BCUT2D eigenvalue weighted by atomic mass is 9.92. The van der Waals surface area contributed by atoms with E-state index in [4.69, 9.17) is 0 Å². The van der Waals surface area contributed by atoms with Gasteiger partial charge in [-0.15, -0.1) is 0 Å². The van der Waals surface area contributed by atoms with Gasteiger partial charge in [0.25, 0.3) is 0 Å². The van der Waals surface area contributed by atoms with E-state index in [0.717, 1.165) is 27.8 Å². The van der Waals surface area contributed by atoms with Gasteiger partial charge in [-0.2, -0.15) is 4.31 Å². The number of nitrogens with one attached hydrogen (secondary N) is 1. The van der Waals surface area contributed by atoms with Crippen molar-refractivity contribution in [1.29, 1.82) is 0 Å². The van der Waals surface area contributed by atoms with Crippen LogP contribution in [0.15, 0.2) is 47.4 Å². The molecule has 1 N–H and O–H groups in total. The third-order valence-corrected chi connectivity index (χ3v) is 7.05. The summed E-state index contributed by atoms with van der Waals surface area (Å²) in [5.41, 5.74) is 4.91. The molecule has 160 valence electrons. The smallest absolute Gasteiger partial charge is 0.244 e. The summed E-state index contributed by atoms with van der Waals surface area (Å²) in [6.07, 6.45) is 4.02. The van der Waals surface area contributed by atoms with E-state index in [0.29, 0.717) is 24.4 Å². The Kier molecular flexibility index (Phi) is 6.20. The molecular weight excluding hydrogens is 396 g/mol. The maximum atomic E-state index is 13.1. The zero-order chi connectivity index (χ0) is 22.1. The summed E-state index contributed by atoms with van der Waals surface area (Å²) in [5, 5.41) is 2.92. The molecule has 0 bridgehead atoms. The molecule has 1 amide bonds. The lowest BCUT2D eigenvalue weighted by Crippen LogP contribution is -2.39. The summed E-state index contributed by atoms with van der Waals surface area (Å²) in [4.78, 5) is 12.5. The van der Waals surface area contributed by atoms with Crippen molar-refractivity contribution in [2.45, 2.75) is 58.0 Å². The predicted molar refractivity (Wildman–Crippen MR) is 121 cm³/mol. The van der Waals surface area contributed by atoms with Crippen LogP contribution in [0.1, 0.15) is 48.6 Å². The van der Waals surface area contributed by atoms with Gasteiger partial charge in [0.15, 0.2) is 0 Å². The fourth-order valence-corrected chi connectivity index (χ4v) is 5.06. The second-order valence-corrected chi connectivity index (χ2v) is 10.8. The van der Waals surface area contributed by atoms with E-state index >= 15 is 0 Å². The van der Waals surface area contributed by atoms with Gasteiger partial charge in [0, 0.05) is 24.7 Å². The third-order valence-electron chi connectivity index (χ3n) is 5.19. The van der Waals surface area contributed by atoms with Crippen LogP contribution in [0.3, 0.4) is 0 Å². The van der Waals surface area contributed by atoms with Crippen molar-refractivity contribution < 1.29 is 13.2 Å². The summed E-state index contributed by atoms with van der Waals surface area (Å²) in [6, 6.07) is 10.9. The lowest BCUT2D eigenvalue weighted by Gasteiger charge is -2.29. The molecular formula is C24H30N2O3S. The fraction of sp³-hybridized carbons (Fsp3) is 0.375. The van der Waals surface area contributed by atoms with E-state index in [1.807, 2.05) is 65.0 Å². The molecule has 0 fully saturated rings. The molecule has 0 aromatic heterocycles. The summed E-state index contributed by atoms with van der Waals surface area (Å²) in [6.45, 7) is 10.5. The van der Waals surface area contributed by atoms with Crippen molar-refractivity contribution in [3.8, 4) is 0 Å². The van der Waals surface area contributed by atoms with E-state index in [2.05, 4.69) is 5.32 Å². The van der Waals surface area contributed by atoms with Crippen LogP contribution in [0.25, 0.3) is 6.08 Å². The van der Waals surface area contributed by atoms with Crippen LogP contribution in [0.5, 0.6) is 0 Å². The van der Waals surface area contributed by atoms with E-state index in [1.54, 1.807) is 18.2 Å². The Bertz CT molecular complexity index is 1080. The van der Waals surface area contributed by atoms with Gasteiger partial charge in [-0.1, -0.05) is 29.8 Å². The maximum absolute atomic E-state index is 13.1. The molecule has 1 aliphatic rings. The fourth-order valence-electron chi connectivity index (χ4n) is 3.64. The Labute approximate surface area is 179 Å². The highest BCUT2D eigenvalue weighted by molar-refractivity contribution is 7.89. The second kappa shape index (κ2) is 8.36. The van der Waals surface area contributed by atoms with Crippen LogP contribution in [-0.4, -0.2) is 30.7 Å². The van der Waals surface area contributed by atoms with Gasteiger partial charge in [0.05, 0.1) is 4.90 Å². The molecule has 0 radical (unpaired) electrons. The molecule has 0 saturated carbocycles. The van der Waals surface area contributed by atoms with Crippen LogP contribution in [0.2, 0.25) is 0 Å². The molecule has 2 aromatic rings. The largest absolute Gasteiger partial charge is 0.348 e. The van der Waals surface area contributed by atoms with E-state index in [1.165, 1.54) is 4.31 Å². The number of nitrogens with zero attached hydrogens (tertiary/aromatic N) is 1. The minimum Gasteiger partial charge on any atom is -0.348 e. The van der Waals surface area contributed by atoms with Crippen LogP contribution < -0.4 is 5.32 Å². The number of amides is 1. The van der Waals surface area contributed by atoms with Gasteiger partial charge in [0.2, 0.25) is 15.9 Å². The van der Waals surface area contributed by atoms with Crippen molar-refractivity contribution >= 4 is 22.0 Å². The normalized spacial score (nSPS) is 15.2. The Morgan fingerprint density at radius 2 is 1.73 bits per heavy atom. The summed E-state index contributed by atoms with van der Waals surface area (Å²) in [7, 11) is -3.54. The Balaban J connectivity index is 1.86. The molecule has 2 aromatic carbocycles. The average Bonchev–Trinajstić information content (AvgIpc) is 2.65. The highest BCUT2D eigenvalue weighted by atomic mass is 32.2. The van der Waals surface area contributed by atoms with Gasteiger partial charge >= 0.3 is 0 Å². The van der Waals surface area contributed by atoms with Gasteiger partial charge in [-0.05, 0) is 81.5 Å². The highest BCUT2D eigenvalue weighted by Gasteiger charge is 2.29. The molecule has 0 atom stereocenters. The maximum Gasteiger partial charge on any atom is 0.244 e. The van der Waals surface area contributed by atoms with E-state index in [9.17, 15) is 13.2 Å². The molecule has 0 aliphatic carbocycles. The minimum absolute atomic E-state index is 0.140. The van der Waals surface area contributed by atoms with Crippen LogP contribution in [0, 0.1) is 13.8 Å².